The van der Waals surface area contributed by atoms with E-state index in [4.69, 9.17) is 0 Å². The molecule has 7 heteroatoms. The number of nitrogens with one attached hydrogen (secondary N) is 1. The van der Waals surface area contributed by atoms with Crippen LogP contribution in [0.1, 0.15) is 37.3 Å². The zero-order valence-corrected chi connectivity index (χ0v) is 13.6. The van der Waals surface area contributed by atoms with Gasteiger partial charge in [-0.15, -0.1) is 11.3 Å². The first-order chi connectivity index (χ1) is 11.3. The normalized spacial score (nSPS) is 21.2. The molecule has 2 aromatic rings. The Kier molecular flexibility index (Phi) is 3.95. The summed E-state index contributed by atoms with van der Waals surface area (Å²) in [5.41, 5.74) is 1.13. The third kappa shape index (κ3) is 3.34. The van der Waals surface area contributed by atoms with Gasteiger partial charge in [0, 0.05) is 36.8 Å². The van der Waals surface area contributed by atoms with Crippen molar-refractivity contribution >= 4 is 28.2 Å². The van der Waals surface area contributed by atoms with E-state index in [1.807, 2.05) is 0 Å². The van der Waals surface area contributed by atoms with Gasteiger partial charge < -0.3 is 10.2 Å². The number of carbonyl (C=O) groups excluding carboxylic acids is 1. The van der Waals surface area contributed by atoms with Crippen LogP contribution >= 0.6 is 11.3 Å². The van der Waals surface area contributed by atoms with Crippen LogP contribution in [0.25, 0.3) is 0 Å². The van der Waals surface area contributed by atoms with E-state index >= 15 is 0 Å². The van der Waals surface area contributed by atoms with E-state index in [0.29, 0.717) is 12.5 Å². The molecular weight excluding hydrogens is 310 g/mol. The van der Waals surface area contributed by atoms with Crippen LogP contribution in [0.4, 0.5) is 10.9 Å². The molecule has 0 radical (unpaired) electrons. The van der Waals surface area contributed by atoms with Crippen LogP contribution in [-0.2, 0) is 4.79 Å². The van der Waals surface area contributed by atoms with Gasteiger partial charge in [0.2, 0.25) is 5.91 Å². The fourth-order valence-corrected chi connectivity index (χ4v) is 3.77. The zero-order chi connectivity index (χ0) is 15.6. The molecule has 3 heterocycles. The number of hydrogen-bond donors (Lipinski definition) is 1. The summed E-state index contributed by atoms with van der Waals surface area (Å²) in [6.45, 7) is 1.61. The Morgan fingerprint density at radius 3 is 3.00 bits per heavy atom. The number of amides is 1. The van der Waals surface area contributed by atoms with Gasteiger partial charge in [0.05, 0.1) is 17.8 Å². The smallest absolute Gasteiger partial charge is 0.231 e. The SMILES string of the molecule is O=C(Nc1nc(C2CC2)cs1)[C@@H]1CCCN(c2cnccn2)C1. The third-order valence-electron chi connectivity index (χ3n) is 4.41. The molecule has 120 valence electrons. The largest absolute Gasteiger partial charge is 0.355 e. The molecular formula is C16H19N5OS. The van der Waals surface area contributed by atoms with E-state index in [2.05, 4.69) is 30.5 Å². The lowest BCUT2D eigenvalue weighted by Gasteiger charge is -2.32. The zero-order valence-electron chi connectivity index (χ0n) is 12.8. The molecule has 1 N–H and O–H groups in total. The number of anilines is 2. The standard InChI is InChI=1S/C16H19N5OS/c22-15(20-16-19-13(10-23-16)11-3-4-11)12-2-1-7-21(9-12)14-8-17-5-6-18-14/h5-6,8,10-12H,1-4,7,9H2,(H,19,20,22)/t12-/m1/s1. The van der Waals surface area contributed by atoms with Crippen molar-refractivity contribution in [2.45, 2.75) is 31.6 Å². The molecule has 2 aliphatic rings. The maximum atomic E-state index is 12.5. The quantitative estimate of drug-likeness (QED) is 0.934. The van der Waals surface area contributed by atoms with Crippen molar-refractivity contribution in [1.29, 1.82) is 0 Å². The second-order valence-electron chi connectivity index (χ2n) is 6.19. The van der Waals surface area contributed by atoms with Gasteiger partial charge >= 0.3 is 0 Å². The van der Waals surface area contributed by atoms with Crippen molar-refractivity contribution in [1.82, 2.24) is 15.0 Å². The van der Waals surface area contributed by atoms with E-state index in [1.165, 1.54) is 24.2 Å². The van der Waals surface area contributed by atoms with Crippen LogP contribution in [-0.4, -0.2) is 33.9 Å². The summed E-state index contributed by atoms with van der Waals surface area (Å²) in [6.07, 6.45) is 9.46. The summed E-state index contributed by atoms with van der Waals surface area (Å²) in [6, 6.07) is 0. The summed E-state index contributed by atoms with van der Waals surface area (Å²) >= 11 is 1.53. The van der Waals surface area contributed by atoms with Crippen molar-refractivity contribution in [3.05, 3.63) is 29.7 Å². The lowest BCUT2D eigenvalue weighted by atomic mass is 9.97. The second-order valence-corrected chi connectivity index (χ2v) is 7.05. The molecule has 6 nitrogen and oxygen atoms in total. The predicted molar refractivity (Wildman–Crippen MR) is 89.7 cm³/mol. The minimum Gasteiger partial charge on any atom is -0.355 e. The van der Waals surface area contributed by atoms with Crippen molar-refractivity contribution in [2.75, 3.05) is 23.3 Å². The van der Waals surface area contributed by atoms with Gasteiger partial charge in [0.1, 0.15) is 5.82 Å². The number of piperidine rings is 1. The summed E-state index contributed by atoms with van der Waals surface area (Å²) in [4.78, 5) is 27.6. The molecule has 1 amide bonds. The molecule has 0 aromatic carbocycles. The number of hydrogen-bond acceptors (Lipinski definition) is 6. The van der Waals surface area contributed by atoms with E-state index < -0.39 is 0 Å². The fourth-order valence-electron chi connectivity index (χ4n) is 2.97. The van der Waals surface area contributed by atoms with Crippen LogP contribution in [0, 0.1) is 5.92 Å². The number of nitrogens with zero attached hydrogens (tertiary/aromatic N) is 4. The highest BCUT2D eigenvalue weighted by Crippen LogP contribution is 2.41. The highest BCUT2D eigenvalue weighted by molar-refractivity contribution is 7.13. The van der Waals surface area contributed by atoms with Crippen molar-refractivity contribution < 1.29 is 4.79 Å². The molecule has 2 aromatic heterocycles. The Balaban J connectivity index is 1.39. The first kappa shape index (κ1) is 14.6. The summed E-state index contributed by atoms with van der Waals surface area (Å²) in [7, 11) is 0. The van der Waals surface area contributed by atoms with Gasteiger partial charge in [-0.1, -0.05) is 0 Å². The van der Waals surface area contributed by atoms with E-state index in [1.54, 1.807) is 18.6 Å². The topological polar surface area (TPSA) is 71.0 Å². The molecule has 1 atom stereocenters. The minimum atomic E-state index is -0.0287. The summed E-state index contributed by atoms with van der Waals surface area (Å²) < 4.78 is 0. The molecule has 1 aliphatic carbocycles. The van der Waals surface area contributed by atoms with Crippen LogP contribution in [0.15, 0.2) is 24.0 Å². The van der Waals surface area contributed by atoms with E-state index in [9.17, 15) is 4.79 Å². The Morgan fingerprint density at radius 1 is 1.30 bits per heavy atom. The maximum Gasteiger partial charge on any atom is 0.231 e. The Labute approximate surface area is 139 Å². The second kappa shape index (κ2) is 6.23. The summed E-state index contributed by atoms with van der Waals surface area (Å²) in [5.74, 6) is 1.50. The van der Waals surface area contributed by atoms with Gasteiger partial charge in [0.15, 0.2) is 5.13 Å². The molecule has 0 spiro atoms. The molecule has 4 rings (SSSR count). The summed E-state index contributed by atoms with van der Waals surface area (Å²) in [5, 5.41) is 5.79. The van der Waals surface area contributed by atoms with Gasteiger partial charge in [-0.25, -0.2) is 9.97 Å². The van der Waals surface area contributed by atoms with Gasteiger partial charge in [0.25, 0.3) is 0 Å². The van der Waals surface area contributed by atoms with E-state index in [-0.39, 0.29) is 11.8 Å². The van der Waals surface area contributed by atoms with Gasteiger partial charge in [-0.2, -0.15) is 0 Å². The number of aromatic nitrogens is 3. The van der Waals surface area contributed by atoms with Gasteiger partial charge in [-0.3, -0.25) is 9.78 Å². The highest BCUT2D eigenvalue weighted by Gasteiger charge is 2.29. The number of thiazole rings is 1. The first-order valence-corrected chi connectivity index (χ1v) is 8.95. The predicted octanol–water partition coefficient (Wildman–Crippen LogP) is 2.67. The lowest BCUT2D eigenvalue weighted by Crippen LogP contribution is -2.41. The van der Waals surface area contributed by atoms with Gasteiger partial charge in [-0.05, 0) is 25.7 Å². The van der Waals surface area contributed by atoms with Crippen LogP contribution in [0.3, 0.4) is 0 Å². The minimum absolute atomic E-state index is 0.0287. The van der Waals surface area contributed by atoms with Crippen molar-refractivity contribution in [3.63, 3.8) is 0 Å². The molecule has 1 saturated heterocycles. The maximum absolute atomic E-state index is 12.5. The lowest BCUT2D eigenvalue weighted by molar-refractivity contribution is -0.120. The molecule has 2 fully saturated rings. The average Bonchev–Trinajstić information content (AvgIpc) is 3.36. The molecule has 0 unspecified atom stereocenters. The number of carbonyl (C=O) groups is 1. The van der Waals surface area contributed by atoms with Crippen LogP contribution in [0.5, 0.6) is 0 Å². The first-order valence-electron chi connectivity index (χ1n) is 8.07. The monoisotopic (exact) mass is 329 g/mol. The molecule has 23 heavy (non-hydrogen) atoms. The Hall–Kier alpha value is -2.02. The average molecular weight is 329 g/mol. The van der Waals surface area contributed by atoms with Crippen LogP contribution in [0.2, 0.25) is 0 Å². The fraction of sp³-hybridized carbons (Fsp3) is 0.500. The third-order valence-corrected chi connectivity index (χ3v) is 5.19. The Bertz CT molecular complexity index is 685. The number of rotatable bonds is 4. The van der Waals surface area contributed by atoms with Crippen molar-refractivity contribution in [3.8, 4) is 0 Å². The molecule has 1 aliphatic heterocycles. The molecule has 0 bridgehead atoms. The molecule has 1 saturated carbocycles. The van der Waals surface area contributed by atoms with Crippen molar-refractivity contribution in [2.24, 2.45) is 5.92 Å². The van der Waals surface area contributed by atoms with Crippen LogP contribution < -0.4 is 10.2 Å². The highest BCUT2D eigenvalue weighted by atomic mass is 32.1. The van der Waals surface area contributed by atoms with E-state index in [0.717, 1.165) is 36.0 Å². The Morgan fingerprint density at radius 2 is 2.22 bits per heavy atom.